The molecular weight excluding hydrogens is 258 g/mol. The van der Waals surface area contributed by atoms with Gasteiger partial charge in [-0.15, -0.1) is 0 Å². The van der Waals surface area contributed by atoms with Crippen molar-refractivity contribution >= 4 is 5.52 Å². The molecule has 0 aliphatic carbocycles. The van der Waals surface area contributed by atoms with Crippen molar-refractivity contribution in [2.75, 3.05) is 20.3 Å². The highest BCUT2D eigenvalue weighted by Crippen LogP contribution is 2.26. The highest BCUT2D eigenvalue weighted by atomic mass is 16.5. The van der Waals surface area contributed by atoms with E-state index in [9.17, 15) is 0 Å². The van der Waals surface area contributed by atoms with Crippen LogP contribution in [0.2, 0.25) is 0 Å². The molecule has 0 fully saturated rings. The van der Waals surface area contributed by atoms with Gasteiger partial charge in [-0.05, 0) is 0 Å². The summed E-state index contributed by atoms with van der Waals surface area (Å²) in [5.41, 5.74) is 2.63. The zero-order chi connectivity index (χ0) is 13.8. The Balaban J connectivity index is 1.85. The van der Waals surface area contributed by atoms with E-state index in [-0.39, 0.29) is 0 Å². The number of ether oxygens (including phenoxy) is 1. The van der Waals surface area contributed by atoms with E-state index in [2.05, 4.69) is 20.4 Å². The van der Waals surface area contributed by atoms with Crippen molar-refractivity contribution in [1.29, 1.82) is 0 Å². The molecule has 0 radical (unpaired) electrons. The molecule has 20 heavy (non-hydrogen) atoms. The Morgan fingerprint density at radius 2 is 2.35 bits per heavy atom. The Hall–Kier alpha value is -2.25. The smallest absolute Gasteiger partial charge is 0.181 e. The summed E-state index contributed by atoms with van der Waals surface area (Å²) >= 11 is 0. The molecule has 0 aliphatic heterocycles. The van der Waals surface area contributed by atoms with Gasteiger partial charge in [-0.1, -0.05) is 0 Å². The summed E-state index contributed by atoms with van der Waals surface area (Å²) < 4.78 is 12.3. The van der Waals surface area contributed by atoms with Crippen LogP contribution in [0.25, 0.3) is 16.8 Å². The Bertz CT molecular complexity index is 691. The lowest BCUT2D eigenvalue weighted by molar-refractivity contribution is 0.199. The maximum atomic E-state index is 5.51. The van der Waals surface area contributed by atoms with Gasteiger partial charge in [0, 0.05) is 32.6 Å². The van der Waals surface area contributed by atoms with E-state index in [1.54, 1.807) is 36.4 Å². The van der Waals surface area contributed by atoms with Gasteiger partial charge < -0.3 is 14.5 Å². The average Bonchev–Trinajstić information content (AvgIpc) is 3.09. The van der Waals surface area contributed by atoms with Gasteiger partial charge in [0.15, 0.2) is 12.2 Å². The zero-order valence-electron chi connectivity index (χ0n) is 11.1. The number of hydrogen-bond acceptors (Lipinski definition) is 6. The second-order valence-corrected chi connectivity index (χ2v) is 4.26. The minimum absolute atomic E-state index is 0.618. The van der Waals surface area contributed by atoms with Crippen LogP contribution >= 0.6 is 0 Å². The van der Waals surface area contributed by atoms with E-state index in [0.29, 0.717) is 13.2 Å². The van der Waals surface area contributed by atoms with Crippen LogP contribution in [0.3, 0.4) is 0 Å². The summed E-state index contributed by atoms with van der Waals surface area (Å²) in [6, 6.07) is 0. The Kier molecular flexibility index (Phi) is 3.71. The number of methoxy groups -OCH3 is 1. The third-order valence-corrected chi connectivity index (χ3v) is 2.99. The number of nitrogens with zero attached hydrogens (tertiary/aromatic N) is 4. The fourth-order valence-corrected chi connectivity index (χ4v) is 2.00. The first-order valence-corrected chi connectivity index (χ1v) is 6.30. The number of aromatic nitrogens is 4. The van der Waals surface area contributed by atoms with Crippen LogP contribution in [-0.4, -0.2) is 39.8 Å². The van der Waals surface area contributed by atoms with E-state index in [4.69, 9.17) is 9.15 Å². The van der Waals surface area contributed by atoms with Crippen LogP contribution in [-0.2, 0) is 11.3 Å². The van der Waals surface area contributed by atoms with Crippen molar-refractivity contribution in [2.45, 2.75) is 6.54 Å². The lowest BCUT2D eigenvalue weighted by Gasteiger charge is -2.02. The Morgan fingerprint density at radius 1 is 1.40 bits per heavy atom. The van der Waals surface area contributed by atoms with Crippen LogP contribution in [0.1, 0.15) is 5.69 Å². The highest BCUT2D eigenvalue weighted by molar-refractivity contribution is 5.77. The molecule has 0 aromatic carbocycles. The van der Waals surface area contributed by atoms with E-state index < -0.39 is 0 Å². The van der Waals surface area contributed by atoms with Crippen LogP contribution in [0.4, 0.5) is 0 Å². The molecule has 7 heteroatoms. The normalized spacial score (nSPS) is 11.2. The van der Waals surface area contributed by atoms with Crippen molar-refractivity contribution in [3.63, 3.8) is 0 Å². The lowest BCUT2D eigenvalue weighted by atomic mass is 10.2. The van der Waals surface area contributed by atoms with Crippen LogP contribution in [0, 0.1) is 0 Å². The molecule has 0 atom stereocenters. The molecule has 3 aromatic heterocycles. The molecule has 7 nitrogen and oxygen atoms in total. The summed E-state index contributed by atoms with van der Waals surface area (Å²) in [5, 5.41) is 7.52. The SMILES string of the molecule is COCCNCc1ncoc1-c1cnn2ccncc12. The van der Waals surface area contributed by atoms with Crippen LogP contribution < -0.4 is 5.32 Å². The second-order valence-electron chi connectivity index (χ2n) is 4.26. The minimum Gasteiger partial charge on any atom is -0.443 e. The zero-order valence-corrected chi connectivity index (χ0v) is 11.1. The molecule has 0 saturated heterocycles. The first-order chi connectivity index (χ1) is 9.90. The molecule has 0 bridgehead atoms. The molecule has 3 heterocycles. The van der Waals surface area contributed by atoms with Gasteiger partial charge in [0.25, 0.3) is 0 Å². The van der Waals surface area contributed by atoms with E-state index in [1.165, 1.54) is 6.39 Å². The van der Waals surface area contributed by atoms with Crippen molar-refractivity contribution in [2.24, 2.45) is 0 Å². The van der Waals surface area contributed by atoms with Crippen LogP contribution in [0.5, 0.6) is 0 Å². The summed E-state index contributed by atoms with van der Waals surface area (Å²) in [6.07, 6.45) is 8.45. The number of rotatable bonds is 6. The van der Waals surface area contributed by atoms with Gasteiger partial charge in [0.05, 0.1) is 30.1 Å². The molecule has 3 aromatic rings. The summed E-state index contributed by atoms with van der Waals surface area (Å²) in [4.78, 5) is 8.37. The largest absolute Gasteiger partial charge is 0.443 e. The first kappa shape index (κ1) is 12.8. The maximum absolute atomic E-state index is 5.51. The van der Waals surface area contributed by atoms with Crippen molar-refractivity contribution in [1.82, 2.24) is 24.9 Å². The fraction of sp³-hybridized carbons (Fsp3) is 0.308. The monoisotopic (exact) mass is 273 g/mol. The maximum Gasteiger partial charge on any atom is 0.181 e. The second kappa shape index (κ2) is 5.81. The van der Waals surface area contributed by atoms with Crippen LogP contribution in [0.15, 0.2) is 35.6 Å². The average molecular weight is 273 g/mol. The third-order valence-electron chi connectivity index (χ3n) is 2.99. The van der Waals surface area contributed by atoms with Gasteiger partial charge in [-0.25, -0.2) is 9.50 Å². The first-order valence-electron chi connectivity index (χ1n) is 6.30. The van der Waals surface area contributed by atoms with E-state index in [0.717, 1.165) is 29.1 Å². The number of hydrogen-bond donors (Lipinski definition) is 1. The molecule has 0 amide bonds. The molecule has 1 N–H and O–H groups in total. The molecule has 0 unspecified atom stereocenters. The molecule has 0 spiro atoms. The van der Waals surface area contributed by atoms with E-state index in [1.807, 2.05) is 0 Å². The lowest BCUT2D eigenvalue weighted by Crippen LogP contribution is -2.19. The minimum atomic E-state index is 0.618. The topological polar surface area (TPSA) is 77.5 Å². The van der Waals surface area contributed by atoms with Crippen molar-refractivity contribution in [3.8, 4) is 11.3 Å². The third kappa shape index (κ3) is 2.40. The van der Waals surface area contributed by atoms with E-state index >= 15 is 0 Å². The molecule has 104 valence electrons. The molecular formula is C13H15N5O2. The summed E-state index contributed by atoms with van der Waals surface area (Å²) in [5.74, 6) is 0.720. The quantitative estimate of drug-likeness (QED) is 0.678. The predicted octanol–water partition coefficient (Wildman–Crippen LogP) is 1.12. The predicted molar refractivity (Wildman–Crippen MR) is 72.1 cm³/mol. The number of nitrogens with one attached hydrogen (secondary N) is 1. The fourth-order valence-electron chi connectivity index (χ4n) is 2.00. The molecule has 3 rings (SSSR count). The van der Waals surface area contributed by atoms with Gasteiger partial charge in [-0.2, -0.15) is 5.10 Å². The van der Waals surface area contributed by atoms with Gasteiger partial charge >= 0.3 is 0 Å². The van der Waals surface area contributed by atoms with Gasteiger partial charge in [0.1, 0.15) is 5.69 Å². The van der Waals surface area contributed by atoms with Gasteiger partial charge in [0.2, 0.25) is 0 Å². The highest BCUT2D eigenvalue weighted by Gasteiger charge is 2.15. The Labute approximate surface area is 115 Å². The number of oxazole rings is 1. The standard InChI is InChI=1S/C13H15N5O2/c1-19-5-3-15-7-11-13(20-9-16-11)10-6-17-18-4-2-14-8-12(10)18/h2,4,6,8-9,15H,3,5,7H2,1H3. The molecule has 0 saturated carbocycles. The number of fused-ring (bicyclic) bond motifs is 1. The summed E-state index contributed by atoms with van der Waals surface area (Å²) in [7, 11) is 1.68. The molecule has 0 aliphatic rings. The Morgan fingerprint density at radius 3 is 3.25 bits per heavy atom. The van der Waals surface area contributed by atoms with Crippen molar-refractivity contribution in [3.05, 3.63) is 36.9 Å². The van der Waals surface area contributed by atoms with Crippen molar-refractivity contribution < 1.29 is 9.15 Å². The van der Waals surface area contributed by atoms with Gasteiger partial charge in [-0.3, -0.25) is 4.98 Å². The summed E-state index contributed by atoms with van der Waals surface area (Å²) in [6.45, 7) is 2.04.